The van der Waals surface area contributed by atoms with Gasteiger partial charge in [-0.05, 0) is 38.7 Å². The Kier molecular flexibility index (Phi) is 2.69. The van der Waals surface area contributed by atoms with Crippen LogP contribution in [0, 0.1) is 6.92 Å². The molecule has 2 aliphatic rings. The fraction of sp³-hybridized carbons (Fsp3) is 0.643. The predicted octanol–water partition coefficient (Wildman–Crippen LogP) is 3.14. The number of hydrogen-bond acceptors (Lipinski definition) is 2. The van der Waals surface area contributed by atoms with Gasteiger partial charge in [-0.3, -0.25) is 4.79 Å². The number of hydrogen-bond donors (Lipinski definition) is 0. The highest BCUT2D eigenvalue weighted by atomic mass is 16.3. The molecule has 0 unspecified atom stereocenters. The van der Waals surface area contributed by atoms with Gasteiger partial charge in [0.2, 0.25) is 0 Å². The molecule has 3 nitrogen and oxygen atoms in total. The highest BCUT2D eigenvalue weighted by Crippen LogP contribution is 2.35. The van der Waals surface area contributed by atoms with Gasteiger partial charge in [0.1, 0.15) is 5.76 Å². The van der Waals surface area contributed by atoms with Gasteiger partial charge in [0, 0.05) is 12.1 Å². The van der Waals surface area contributed by atoms with E-state index in [9.17, 15) is 4.79 Å². The zero-order valence-electron chi connectivity index (χ0n) is 10.3. The van der Waals surface area contributed by atoms with Crippen molar-refractivity contribution in [3.05, 3.63) is 23.7 Å². The van der Waals surface area contributed by atoms with Crippen molar-refractivity contribution in [1.29, 1.82) is 0 Å². The quantitative estimate of drug-likeness (QED) is 0.803. The molecule has 1 amide bonds. The second kappa shape index (κ2) is 4.21. The zero-order chi connectivity index (χ0) is 11.8. The average molecular weight is 233 g/mol. The minimum Gasteiger partial charge on any atom is -0.469 e. The van der Waals surface area contributed by atoms with E-state index in [-0.39, 0.29) is 5.91 Å². The Morgan fingerprint density at radius 2 is 1.88 bits per heavy atom. The molecule has 0 atom stereocenters. The summed E-state index contributed by atoms with van der Waals surface area (Å²) in [7, 11) is 0. The molecule has 0 aromatic carbocycles. The maximum atomic E-state index is 12.6. The van der Waals surface area contributed by atoms with E-state index in [1.54, 1.807) is 6.26 Å². The fourth-order valence-corrected chi connectivity index (χ4v) is 2.91. The molecule has 0 radical (unpaired) electrons. The molecule has 1 aromatic heterocycles. The third-order valence-corrected chi connectivity index (χ3v) is 3.98. The van der Waals surface area contributed by atoms with E-state index in [0.29, 0.717) is 12.1 Å². The molecule has 2 aliphatic carbocycles. The summed E-state index contributed by atoms with van der Waals surface area (Å²) in [6, 6.07) is 2.78. The molecular formula is C14H19NO2. The van der Waals surface area contributed by atoms with Gasteiger partial charge >= 0.3 is 0 Å². The highest BCUT2D eigenvalue weighted by molar-refractivity contribution is 5.95. The zero-order valence-corrected chi connectivity index (χ0v) is 10.3. The van der Waals surface area contributed by atoms with Gasteiger partial charge in [0.15, 0.2) is 0 Å². The molecule has 1 aromatic rings. The molecule has 0 bridgehead atoms. The van der Waals surface area contributed by atoms with Crippen LogP contribution in [0.15, 0.2) is 16.7 Å². The van der Waals surface area contributed by atoms with Crippen LogP contribution < -0.4 is 0 Å². The van der Waals surface area contributed by atoms with Crippen molar-refractivity contribution in [3.8, 4) is 0 Å². The van der Waals surface area contributed by atoms with Crippen molar-refractivity contribution < 1.29 is 9.21 Å². The highest BCUT2D eigenvalue weighted by Gasteiger charge is 2.39. The Balaban J connectivity index is 1.83. The maximum Gasteiger partial charge on any atom is 0.257 e. The molecule has 2 saturated carbocycles. The third kappa shape index (κ3) is 1.99. The van der Waals surface area contributed by atoms with Crippen LogP contribution in [-0.2, 0) is 0 Å². The van der Waals surface area contributed by atoms with Gasteiger partial charge in [-0.1, -0.05) is 12.8 Å². The Morgan fingerprint density at radius 3 is 2.41 bits per heavy atom. The minimum absolute atomic E-state index is 0.186. The predicted molar refractivity (Wildman–Crippen MR) is 64.9 cm³/mol. The fourth-order valence-electron chi connectivity index (χ4n) is 2.91. The van der Waals surface area contributed by atoms with E-state index in [4.69, 9.17) is 4.42 Å². The number of rotatable bonds is 3. The van der Waals surface area contributed by atoms with Crippen LogP contribution >= 0.6 is 0 Å². The van der Waals surface area contributed by atoms with Gasteiger partial charge < -0.3 is 9.32 Å². The van der Waals surface area contributed by atoms with E-state index < -0.39 is 0 Å². The Hall–Kier alpha value is -1.25. The monoisotopic (exact) mass is 233 g/mol. The number of carbonyl (C=O) groups is 1. The van der Waals surface area contributed by atoms with Crippen molar-refractivity contribution >= 4 is 5.91 Å². The summed E-state index contributed by atoms with van der Waals surface area (Å²) in [5.41, 5.74) is 0.754. The van der Waals surface area contributed by atoms with Gasteiger partial charge in [0.25, 0.3) is 5.91 Å². The Morgan fingerprint density at radius 1 is 1.24 bits per heavy atom. The minimum atomic E-state index is 0.186. The Bertz CT molecular complexity index is 414. The first-order chi connectivity index (χ1) is 8.27. The van der Waals surface area contributed by atoms with Crippen molar-refractivity contribution in [1.82, 2.24) is 4.90 Å². The summed E-state index contributed by atoms with van der Waals surface area (Å²) in [4.78, 5) is 14.7. The van der Waals surface area contributed by atoms with Crippen molar-refractivity contribution in [3.63, 3.8) is 0 Å². The first kappa shape index (κ1) is 10.9. The number of furan rings is 1. The standard InChI is InChI=1S/C14H19NO2/c1-10-13(8-9-17-10)14(16)15(12-6-7-12)11-4-2-3-5-11/h8-9,11-12H,2-7H2,1H3. The van der Waals surface area contributed by atoms with Gasteiger partial charge in [-0.15, -0.1) is 0 Å². The van der Waals surface area contributed by atoms with Crippen LogP contribution in [0.3, 0.4) is 0 Å². The lowest BCUT2D eigenvalue weighted by atomic mass is 10.1. The molecule has 3 rings (SSSR count). The van der Waals surface area contributed by atoms with Crippen LogP contribution in [0.4, 0.5) is 0 Å². The summed E-state index contributed by atoms with van der Waals surface area (Å²) in [6.45, 7) is 1.87. The van der Waals surface area contributed by atoms with Crippen LogP contribution in [0.5, 0.6) is 0 Å². The summed E-state index contributed by atoms with van der Waals surface area (Å²) >= 11 is 0. The molecule has 92 valence electrons. The van der Waals surface area contributed by atoms with Crippen LogP contribution in [0.25, 0.3) is 0 Å². The molecule has 0 N–H and O–H groups in total. The SMILES string of the molecule is Cc1occc1C(=O)N(C1CCCC1)C1CC1. The number of aryl methyl sites for hydroxylation is 1. The van der Waals surface area contributed by atoms with Gasteiger partial charge in [-0.2, -0.15) is 0 Å². The number of amides is 1. The molecular weight excluding hydrogens is 214 g/mol. The molecule has 0 saturated heterocycles. The molecule has 0 aliphatic heterocycles. The van der Waals surface area contributed by atoms with Crippen molar-refractivity contribution in [2.75, 3.05) is 0 Å². The van der Waals surface area contributed by atoms with E-state index in [1.807, 2.05) is 13.0 Å². The Labute approximate surface area is 102 Å². The van der Waals surface area contributed by atoms with Crippen LogP contribution in [-0.4, -0.2) is 22.9 Å². The molecule has 17 heavy (non-hydrogen) atoms. The first-order valence-corrected chi connectivity index (χ1v) is 6.64. The van der Waals surface area contributed by atoms with Crippen LogP contribution in [0.1, 0.15) is 54.6 Å². The first-order valence-electron chi connectivity index (χ1n) is 6.64. The van der Waals surface area contributed by atoms with Crippen LogP contribution in [0.2, 0.25) is 0 Å². The van der Waals surface area contributed by atoms with Gasteiger partial charge in [0.05, 0.1) is 11.8 Å². The van der Waals surface area contributed by atoms with E-state index >= 15 is 0 Å². The number of carbonyl (C=O) groups excluding carboxylic acids is 1. The molecule has 2 fully saturated rings. The van der Waals surface area contributed by atoms with E-state index in [2.05, 4.69) is 4.90 Å². The maximum absolute atomic E-state index is 12.6. The van der Waals surface area contributed by atoms with E-state index in [0.717, 1.165) is 11.3 Å². The summed E-state index contributed by atoms with van der Waals surface area (Å²) < 4.78 is 5.25. The topological polar surface area (TPSA) is 33.5 Å². The summed E-state index contributed by atoms with van der Waals surface area (Å²) in [5, 5.41) is 0. The summed E-state index contributed by atoms with van der Waals surface area (Å²) in [5.74, 6) is 0.935. The van der Waals surface area contributed by atoms with Gasteiger partial charge in [-0.25, -0.2) is 0 Å². The smallest absolute Gasteiger partial charge is 0.257 e. The lowest BCUT2D eigenvalue weighted by molar-refractivity contribution is 0.0662. The van der Waals surface area contributed by atoms with Crippen molar-refractivity contribution in [2.24, 2.45) is 0 Å². The normalized spacial score (nSPS) is 20.8. The second-order valence-electron chi connectivity index (χ2n) is 5.27. The third-order valence-electron chi connectivity index (χ3n) is 3.98. The lowest BCUT2D eigenvalue weighted by Crippen LogP contribution is -2.40. The summed E-state index contributed by atoms with van der Waals surface area (Å²) in [6.07, 6.45) is 8.87. The number of nitrogens with zero attached hydrogens (tertiary/aromatic N) is 1. The molecule has 0 spiro atoms. The lowest BCUT2D eigenvalue weighted by Gasteiger charge is -2.29. The second-order valence-corrected chi connectivity index (χ2v) is 5.27. The van der Waals surface area contributed by atoms with E-state index in [1.165, 1.54) is 38.5 Å². The average Bonchev–Trinajstić information content (AvgIpc) is 2.82. The largest absolute Gasteiger partial charge is 0.469 e. The molecule has 3 heteroatoms. The van der Waals surface area contributed by atoms with Crippen molar-refractivity contribution in [2.45, 2.75) is 57.5 Å². The molecule has 1 heterocycles.